The number of aromatic nitrogens is 3. The Labute approximate surface area is 285 Å². The lowest BCUT2D eigenvalue weighted by molar-refractivity contribution is 0.685. The highest BCUT2D eigenvalue weighted by Crippen LogP contribution is 2.43. The van der Waals surface area contributed by atoms with E-state index in [0.29, 0.717) is 0 Å². The summed E-state index contributed by atoms with van der Waals surface area (Å²) in [4.78, 5) is 10.8. The largest absolute Gasteiger partial charge is 0.309 e. The van der Waals surface area contributed by atoms with Crippen molar-refractivity contribution < 1.29 is 4.21 Å². The van der Waals surface area contributed by atoms with Crippen molar-refractivity contribution in [1.82, 2.24) is 14.5 Å². The first kappa shape index (κ1) is 27.9. The molecule has 2 aromatic heterocycles. The van der Waals surface area contributed by atoms with Crippen molar-refractivity contribution in [3.05, 3.63) is 164 Å². The highest BCUT2D eigenvalue weighted by Gasteiger charge is 2.25. The van der Waals surface area contributed by atoms with Crippen LogP contribution in [-0.4, -0.2) is 18.7 Å². The molecule has 0 saturated carbocycles. The molecule has 1 atom stereocenters. The topological polar surface area (TPSA) is 47.8 Å². The van der Waals surface area contributed by atoms with Gasteiger partial charge in [-0.3, -0.25) is 0 Å². The zero-order valence-electron chi connectivity index (χ0n) is 26.2. The summed E-state index contributed by atoms with van der Waals surface area (Å²) in [5.41, 5.74) is 12.9. The predicted molar refractivity (Wildman–Crippen MR) is 200 cm³/mol. The number of nitrogens with zero attached hydrogens (tertiary/aromatic N) is 3. The summed E-state index contributed by atoms with van der Waals surface area (Å²) < 4.78 is 15.7. The van der Waals surface area contributed by atoms with Crippen molar-refractivity contribution in [3.63, 3.8) is 0 Å². The van der Waals surface area contributed by atoms with E-state index in [1.807, 2.05) is 36.4 Å². The minimum atomic E-state index is -1.17. The van der Waals surface area contributed by atoms with Gasteiger partial charge >= 0.3 is 0 Å². The molecule has 0 saturated heterocycles. The van der Waals surface area contributed by atoms with E-state index in [0.717, 1.165) is 82.1 Å². The third kappa shape index (κ3) is 4.40. The van der Waals surface area contributed by atoms with Crippen LogP contribution in [0.4, 0.5) is 0 Å². The molecule has 49 heavy (non-hydrogen) atoms. The number of rotatable bonds is 4. The normalized spacial score (nSPS) is 13.6. The summed E-state index contributed by atoms with van der Waals surface area (Å²) in [6.07, 6.45) is 1.64. The molecule has 0 fully saturated rings. The van der Waals surface area contributed by atoms with Crippen LogP contribution in [0.25, 0.3) is 83.0 Å². The third-order valence-corrected chi connectivity index (χ3v) is 11.2. The first-order valence-electron chi connectivity index (χ1n) is 16.3. The van der Waals surface area contributed by atoms with Gasteiger partial charge in [0.1, 0.15) is 6.33 Å². The lowest BCUT2D eigenvalue weighted by Gasteiger charge is -2.11. The van der Waals surface area contributed by atoms with E-state index in [2.05, 4.69) is 136 Å². The van der Waals surface area contributed by atoms with Crippen molar-refractivity contribution in [2.75, 3.05) is 0 Å². The molecule has 230 valence electrons. The maximum absolute atomic E-state index is 13.4. The van der Waals surface area contributed by atoms with Gasteiger partial charge in [0.05, 0.1) is 42.8 Å². The maximum Gasteiger partial charge on any atom is 0.116 e. The molecule has 0 aliphatic carbocycles. The zero-order valence-corrected chi connectivity index (χ0v) is 27.1. The standard InChI is InChI=1S/C44H27N3OS/c48-49-42-15-6-3-11-35(42)36-22-20-32(26-43(36)49)30-8-7-9-33(24-30)47-40-14-5-2-10-34(40)38-25-31(21-23-41(38)47)28-16-18-29(19-17-28)44-37-12-1-4-13-39(37)45-27-46-44/h1-27H. The first-order chi connectivity index (χ1) is 24.2. The minimum Gasteiger partial charge on any atom is -0.309 e. The van der Waals surface area contributed by atoms with Gasteiger partial charge in [-0.25, -0.2) is 14.2 Å². The predicted octanol–water partition coefficient (Wildman–Crippen LogP) is 10.9. The van der Waals surface area contributed by atoms with Crippen LogP contribution in [0.1, 0.15) is 0 Å². The van der Waals surface area contributed by atoms with Crippen LogP contribution in [0, 0.1) is 0 Å². The summed E-state index contributed by atoms with van der Waals surface area (Å²) in [6, 6.07) is 55.2. The van der Waals surface area contributed by atoms with Crippen molar-refractivity contribution in [2.45, 2.75) is 9.79 Å². The molecule has 0 N–H and O–H groups in total. The number of para-hydroxylation sites is 2. The van der Waals surface area contributed by atoms with E-state index < -0.39 is 10.8 Å². The van der Waals surface area contributed by atoms with Crippen LogP contribution in [0.15, 0.2) is 174 Å². The lowest BCUT2D eigenvalue weighted by atomic mass is 9.99. The monoisotopic (exact) mass is 645 g/mol. The second-order valence-corrected chi connectivity index (χ2v) is 13.8. The van der Waals surface area contributed by atoms with E-state index in [4.69, 9.17) is 0 Å². The van der Waals surface area contributed by atoms with Gasteiger partial charge in [0.15, 0.2) is 0 Å². The molecule has 0 spiro atoms. The number of fused-ring (bicyclic) bond motifs is 7. The Kier molecular flexibility index (Phi) is 6.23. The summed E-state index contributed by atoms with van der Waals surface area (Å²) in [5.74, 6) is 0. The van der Waals surface area contributed by atoms with E-state index in [-0.39, 0.29) is 0 Å². The minimum absolute atomic E-state index is 0.881. The van der Waals surface area contributed by atoms with Crippen LogP contribution >= 0.6 is 0 Å². The molecule has 1 aliphatic rings. The van der Waals surface area contributed by atoms with E-state index in [1.165, 1.54) is 10.8 Å². The van der Waals surface area contributed by atoms with Gasteiger partial charge in [0.25, 0.3) is 0 Å². The van der Waals surface area contributed by atoms with Gasteiger partial charge in [-0.15, -0.1) is 0 Å². The Morgan fingerprint density at radius 2 is 1.12 bits per heavy atom. The summed E-state index contributed by atoms with van der Waals surface area (Å²) >= 11 is 0. The Hall–Kier alpha value is -6.17. The molecule has 3 heterocycles. The Balaban J connectivity index is 1.05. The molecule has 0 radical (unpaired) electrons. The fourth-order valence-corrected chi connectivity index (χ4v) is 8.79. The smallest absolute Gasteiger partial charge is 0.116 e. The van der Waals surface area contributed by atoms with Crippen LogP contribution in [-0.2, 0) is 10.8 Å². The van der Waals surface area contributed by atoms with Crippen molar-refractivity contribution in [1.29, 1.82) is 0 Å². The first-order valence-corrected chi connectivity index (χ1v) is 17.5. The second-order valence-electron chi connectivity index (χ2n) is 12.4. The molecule has 0 bridgehead atoms. The quantitative estimate of drug-likeness (QED) is 0.191. The van der Waals surface area contributed by atoms with E-state index in [1.54, 1.807) is 6.33 Å². The maximum atomic E-state index is 13.4. The number of hydrogen-bond acceptors (Lipinski definition) is 3. The van der Waals surface area contributed by atoms with Gasteiger partial charge < -0.3 is 4.57 Å². The zero-order chi connectivity index (χ0) is 32.5. The van der Waals surface area contributed by atoms with Gasteiger partial charge in [-0.1, -0.05) is 109 Å². The van der Waals surface area contributed by atoms with Crippen LogP contribution < -0.4 is 0 Å². The van der Waals surface area contributed by atoms with E-state index >= 15 is 0 Å². The molecule has 7 aromatic carbocycles. The average molecular weight is 646 g/mol. The molecule has 10 rings (SSSR count). The second kappa shape index (κ2) is 10.9. The van der Waals surface area contributed by atoms with Gasteiger partial charge in [0.2, 0.25) is 0 Å². The van der Waals surface area contributed by atoms with Gasteiger partial charge in [-0.05, 0) is 81.9 Å². The van der Waals surface area contributed by atoms with Crippen LogP contribution in [0.2, 0.25) is 0 Å². The van der Waals surface area contributed by atoms with Gasteiger partial charge in [0, 0.05) is 27.4 Å². The van der Waals surface area contributed by atoms with Crippen LogP contribution in [0.3, 0.4) is 0 Å². The molecule has 0 amide bonds. The van der Waals surface area contributed by atoms with Gasteiger partial charge in [-0.2, -0.15) is 0 Å². The Bertz CT molecular complexity index is 2790. The molecular weight excluding hydrogens is 619 g/mol. The summed E-state index contributed by atoms with van der Waals surface area (Å²) in [7, 11) is -1.17. The average Bonchev–Trinajstić information content (AvgIpc) is 3.66. The highest BCUT2D eigenvalue weighted by atomic mass is 32.2. The SMILES string of the molecule is O=S1c2ccccc2-c2ccc(-c3cccc(-n4c5ccccc5c5cc(-c6ccc(-c7ncnc8ccccc78)cc6)ccc54)c3)cc21. The number of hydrogen-bond donors (Lipinski definition) is 0. The fraction of sp³-hybridized carbons (Fsp3) is 0. The molecule has 9 aromatic rings. The summed E-state index contributed by atoms with van der Waals surface area (Å²) in [5, 5.41) is 3.46. The molecule has 1 unspecified atom stereocenters. The van der Waals surface area contributed by atoms with Crippen molar-refractivity contribution in [2.24, 2.45) is 0 Å². The Morgan fingerprint density at radius 3 is 2.04 bits per heavy atom. The molecule has 5 heteroatoms. The van der Waals surface area contributed by atoms with Crippen molar-refractivity contribution >= 4 is 43.5 Å². The Morgan fingerprint density at radius 1 is 0.449 bits per heavy atom. The highest BCUT2D eigenvalue weighted by molar-refractivity contribution is 7.85. The lowest BCUT2D eigenvalue weighted by Crippen LogP contribution is -1.94. The third-order valence-electron chi connectivity index (χ3n) is 9.70. The van der Waals surface area contributed by atoms with E-state index in [9.17, 15) is 4.21 Å². The van der Waals surface area contributed by atoms with Crippen molar-refractivity contribution in [3.8, 4) is 50.3 Å². The molecule has 4 nitrogen and oxygen atoms in total. The molecule has 1 aliphatic heterocycles. The summed E-state index contributed by atoms with van der Waals surface area (Å²) in [6.45, 7) is 0. The number of benzene rings is 7. The van der Waals surface area contributed by atoms with Crippen LogP contribution in [0.5, 0.6) is 0 Å². The fourth-order valence-electron chi connectivity index (χ4n) is 7.36. The molecular formula is C44H27N3OS.